The van der Waals surface area contributed by atoms with Crippen molar-refractivity contribution < 1.29 is 22.4 Å². The summed E-state index contributed by atoms with van der Waals surface area (Å²) in [6, 6.07) is 8.27. The largest absolute Gasteiger partial charge is 0.462 e. The minimum absolute atomic E-state index is 0.279. The van der Waals surface area contributed by atoms with E-state index in [1.54, 1.807) is 12.1 Å². The maximum Gasteiger partial charge on any atom is 0.418 e. The topological polar surface area (TPSA) is 42.2 Å². The third-order valence-corrected chi connectivity index (χ3v) is 2.92. The number of furan rings is 1. The van der Waals surface area contributed by atoms with Crippen molar-refractivity contribution in [2.24, 2.45) is 0 Å². The Bertz CT molecular complexity index is 687. The Morgan fingerprint density at radius 3 is 2.59 bits per heavy atom. The van der Waals surface area contributed by atoms with Gasteiger partial charge >= 0.3 is 6.18 Å². The van der Waals surface area contributed by atoms with E-state index in [1.807, 2.05) is 6.92 Å². The summed E-state index contributed by atoms with van der Waals surface area (Å²) < 4.78 is 43.8. The molecule has 1 N–H and O–H groups in total. The molecule has 3 nitrogen and oxygen atoms in total. The molecule has 0 saturated carbocycles. The molecule has 0 fully saturated rings. The van der Waals surface area contributed by atoms with Gasteiger partial charge in [0.2, 0.25) is 5.91 Å². The van der Waals surface area contributed by atoms with Gasteiger partial charge in [0.15, 0.2) is 0 Å². The minimum Gasteiger partial charge on any atom is -0.462 e. The third-order valence-electron chi connectivity index (χ3n) is 2.92. The molecule has 0 aliphatic rings. The standard InChI is InChI=1S/C16H14F3NO2/c1-2-11-7-8-12(22-11)9-10-15(21)20-14-6-4-3-5-13(14)16(17,18)19/h3-10H,2H2,1H3,(H,20,21)/b10-9+. The van der Waals surface area contributed by atoms with Gasteiger partial charge in [-0.05, 0) is 30.3 Å². The van der Waals surface area contributed by atoms with Crippen LogP contribution in [0.15, 0.2) is 46.9 Å². The lowest BCUT2D eigenvalue weighted by molar-refractivity contribution is -0.136. The smallest absolute Gasteiger partial charge is 0.418 e. The molecule has 6 heteroatoms. The fourth-order valence-corrected chi connectivity index (χ4v) is 1.85. The van der Waals surface area contributed by atoms with Crippen molar-refractivity contribution in [2.75, 3.05) is 5.32 Å². The summed E-state index contributed by atoms with van der Waals surface area (Å²) in [6.45, 7) is 1.92. The second kappa shape index (κ2) is 6.51. The third kappa shape index (κ3) is 4.00. The Balaban J connectivity index is 2.09. The van der Waals surface area contributed by atoms with E-state index in [0.717, 1.165) is 24.3 Å². The van der Waals surface area contributed by atoms with Gasteiger partial charge in [-0.15, -0.1) is 0 Å². The van der Waals surface area contributed by atoms with Crippen LogP contribution in [0.3, 0.4) is 0 Å². The van der Waals surface area contributed by atoms with Crippen LogP contribution in [-0.4, -0.2) is 5.91 Å². The first kappa shape index (κ1) is 15.9. The van der Waals surface area contributed by atoms with Gasteiger partial charge in [-0.2, -0.15) is 13.2 Å². The van der Waals surface area contributed by atoms with Crippen molar-refractivity contribution in [1.29, 1.82) is 0 Å². The highest BCUT2D eigenvalue weighted by atomic mass is 19.4. The summed E-state index contributed by atoms with van der Waals surface area (Å²) in [5.41, 5.74) is -1.17. The molecule has 2 rings (SSSR count). The number of amides is 1. The average Bonchev–Trinajstić information content (AvgIpc) is 2.92. The average molecular weight is 309 g/mol. The zero-order chi connectivity index (χ0) is 16.2. The van der Waals surface area contributed by atoms with Gasteiger partial charge in [0.25, 0.3) is 0 Å². The van der Waals surface area contributed by atoms with Crippen LogP contribution in [0.5, 0.6) is 0 Å². The zero-order valence-electron chi connectivity index (χ0n) is 11.8. The number of anilines is 1. The first-order chi connectivity index (χ1) is 10.4. The number of halogens is 3. The molecule has 0 radical (unpaired) electrons. The SMILES string of the molecule is CCc1ccc(/C=C/C(=O)Nc2ccccc2C(F)(F)F)o1. The van der Waals surface area contributed by atoms with E-state index in [1.165, 1.54) is 24.3 Å². The molecule has 0 bridgehead atoms. The van der Waals surface area contributed by atoms with Crippen LogP contribution in [0.1, 0.15) is 24.0 Å². The van der Waals surface area contributed by atoms with Crippen molar-refractivity contribution in [2.45, 2.75) is 19.5 Å². The van der Waals surface area contributed by atoms with Crippen LogP contribution >= 0.6 is 0 Å². The molecule has 0 unspecified atom stereocenters. The minimum atomic E-state index is -4.52. The highest BCUT2D eigenvalue weighted by Crippen LogP contribution is 2.34. The Morgan fingerprint density at radius 2 is 1.95 bits per heavy atom. The van der Waals surface area contributed by atoms with Crippen molar-refractivity contribution in [3.05, 3.63) is 59.6 Å². The predicted octanol–water partition coefficient (Wildman–Crippen LogP) is 4.51. The molecular weight excluding hydrogens is 295 g/mol. The fraction of sp³-hybridized carbons (Fsp3) is 0.188. The molecule has 0 aliphatic heterocycles. The summed E-state index contributed by atoms with van der Waals surface area (Å²) in [7, 11) is 0. The van der Waals surface area contributed by atoms with Crippen molar-refractivity contribution in [1.82, 2.24) is 0 Å². The van der Waals surface area contributed by atoms with E-state index in [-0.39, 0.29) is 5.69 Å². The maximum atomic E-state index is 12.8. The molecule has 1 heterocycles. The Kier molecular flexibility index (Phi) is 4.70. The van der Waals surface area contributed by atoms with Crippen LogP contribution in [0.25, 0.3) is 6.08 Å². The number of rotatable bonds is 4. The number of hydrogen-bond acceptors (Lipinski definition) is 2. The van der Waals surface area contributed by atoms with Gasteiger partial charge in [-0.25, -0.2) is 0 Å². The molecule has 0 spiro atoms. The van der Waals surface area contributed by atoms with E-state index >= 15 is 0 Å². The fourth-order valence-electron chi connectivity index (χ4n) is 1.85. The van der Waals surface area contributed by atoms with Gasteiger partial charge < -0.3 is 9.73 Å². The normalized spacial score (nSPS) is 11.8. The molecule has 1 aromatic heterocycles. The zero-order valence-corrected chi connectivity index (χ0v) is 11.8. The van der Waals surface area contributed by atoms with E-state index in [4.69, 9.17) is 4.42 Å². The Labute approximate surface area is 125 Å². The number of benzene rings is 1. The van der Waals surface area contributed by atoms with Gasteiger partial charge in [-0.1, -0.05) is 19.1 Å². The summed E-state index contributed by atoms with van der Waals surface area (Å²) in [4.78, 5) is 11.7. The van der Waals surface area contributed by atoms with Crippen molar-refractivity contribution >= 4 is 17.7 Å². The number of carbonyl (C=O) groups is 1. The number of para-hydroxylation sites is 1. The first-order valence-corrected chi connectivity index (χ1v) is 6.64. The maximum absolute atomic E-state index is 12.8. The van der Waals surface area contributed by atoms with Crippen LogP contribution in [-0.2, 0) is 17.4 Å². The molecule has 116 valence electrons. The summed E-state index contributed by atoms with van der Waals surface area (Å²) in [6.07, 6.45) is -1.26. The van der Waals surface area contributed by atoms with Gasteiger partial charge in [0, 0.05) is 12.5 Å². The van der Waals surface area contributed by atoms with E-state index in [2.05, 4.69) is 5.32 Å². The van der Waals surface area contributed by atoms with Crippen LogP contribution in [0, 0.1) is 0 Å². The Hall–Kier alpha value is -2.50. The summed E-state index contributed by atoms with van der Waals surface area (Å²) in [5, 5.41) is 2.22. The van der Waals surface area contributed by atoms with Gasteiger partial charge in [-0.3, -0.25) is 4.79 Å². The first-order valence-electron chi connectivity index (χ1n) is 6.64. The van der Waals surface area contributed by atoms with Gasteiger partial charge in [0.1, 0.15) is 11.5 Å². The number of nitrogens with one attached hydrogen (secondary N) is 1. The van der Waals surface area contributed by atoms with Crippen molar-refractivity contribution in [3.63, 3.8) is 0 Å². The molecule has 22 heavy (non-hydrogen) atoms. The second-order valence-electron chi connectivity index (χ2n) is 4.52. The number of aryl methyl sites for hydroxylation is 1. The molecular formula is C16H14F3NO2. The van der Waals surface area contributed by atoms with E-state index in [9.17, 15) is 18.0 Å². The molecule has 0 aliphatic carbocycles. The van der Waals surface area contributed by atoms with Crippen LogP contribution in [0.4, 0.5) is 18.9 Å². The van der Waals surface area contributed by atoms with Crippen LogP contribution < -0.4 is 5.32 Å². The summed E-state index contributed by atoms with van der Waals surface area (Å²) >= 11 is 0. The summed E-state index contributed by atoms with van der Waals surface area (Å²) in [5.74, 6) is 0.574. The van der Waals surface area contributed by atoms with Crippen molar-refractivity contribution in [3.8, 4) is 0 Å². The number of hydrogen-bond donors (Lipinski definition) is 1. The highest BCUT2D eigenvalue weighted by Gasteiger charge is 2.33. The molecule has 1 aromatic carbocycles. The van der Waals surface area contributed by atoms with E-state index < -0.39 is 17.6 Å². The quantitative estimate of drug-likeness (QED) is 0.844. The molecule has 1 amide bonds. The predicted molar refractivity (Wildman–Crippen MR) is 77.2 cm³/mol. The second-order valence-corrected chi connectivity index (χ2v) is 4.52. The van der Waals surface area contributed by atoms with Crippen LogP contribution in [0.2, 0.25) is 0 Å². The monoisotopic (exact) mass is 309 g/mol. The lowest BCUT2D eigenvalue weighted by atomic mass is 10.1. The highest BCUT2D eigenvalue weighted by molar-refractivity contribution is 6.02. The molecule has 0 atom stereocenters. The lowest BCUT2D eigenvalue weighted by Crippen LogP contribution is -2.14. The van der Waals surface area contributed by atoms with E-state index in [0.29, 0.717) is 5.76 Å². The Morgan fingerprint density at radius 1 is 1.23 bits per heavy atom. The van der Waals surface area contributed by atoms with Gasteiger partial charge in [0.05, 0.1) is 11.3 Å². The number of alkyl halides is 3. The molecule has 0 saturated heterocycles. The lowest BCUT2D eigenvalue weighted by Gasteiger charge is -2.12. The molecule has 2 aromatic rings. The number of carbonyl (C=O) groups excluding carboxylic acids is 1.